The van der Waals surface area contributed by atoms with Gasteiger partial charge in [0.25, 0.3) is 0 Å². The van der Waals surface area contributed by atoms with Crippen molar-refractivity contribution in [2.45, 2.75) is 38.8 Å². The number of nitrogens with one attached hydrogen (secondary N) is 2. The number of ether oxygens (including phenoxy) is 1. The molecule has 18 heavy (non-hydrogen) atoms. The third kappa shape index (κ3) is 4.31. The minimum absolute atomic E-state index is 0.320. The Morgan fingerprint density at radius 3 is 3.00 bits per heavy atom. The predicted octanol–water partition coefficient (Wildman–Crippen LogP) is 1.87. The zero-order valence-corrected chi connectivity index (χ0v) is 12.1. The Morgan fingerprint density at radius 2 is 2.33 bits per heavy atom. The van der Waals surface area contributed by atoms with Crippen molar-refractivity contribution in [3.05, 3.63) is 16.1 Å². The van der Waals surface area contributed by atoms with E-state index in [1.54, 1.807) is 11.3 Å². The lowest BCUT2D eigenvalue weighted by Crippen LogP contribution is -2.34. The van der Waals surface area contributed by atoms with Gasteiger partial charge < -0.3 is 15.4 Å². The number of rotatable bonds is 6. The molecule has 1 saturated heterocycles. The second-order valence-electron chi connectivity index (χ2n) is 4.81. The highest BCUT2D eigenvalue weighted by Gasteiger charge is 2.13. The maximum Gasteiger partial charge on any atom is 0.109 e. The molecule has 4 nitrogen and oxygen atoms in total. The molecule has 2 rings (SSSR count). The Morgan fingerprint density at radius 1 is 1.56 bits per heavy atom. The van der Waals surface area contributed by atoms with Crippen molar-refractivity contribution in [3.8, 4) is 0 Å². The van der Waals surface area contributed by atoms with Gasteiger partial charge in [-0.05, 0) is 39.8 Å². The lowest BCUT2D eigenvalue weighted by molar-refractivity contribution is 0.0340. The van der Waals surface area contributed by atoms with E-state index in [-0.39, 0.29) is 0 Å². The molecular formula is C13H23N3OS. The minimum Gasteiger partial charge on any atom is -0.377 e. The van der Waals surface area contributed by atoms with Crippen molar-refractivity contribution in [2.75, 3.05) is 26.2 Å². The maximum atomic E-state index is 5.85. The molecule has 1 fully saturated rings. The van der Waals surface area contributed by atoms with Crippen molar-refractivity contribution in [1.82, 2.24) is 15.6 Å². The number of hydrogen-bond donors (Lipinski definition) is 2. The first kappa shape index (κ1) is 13.9. The van der Waals surface area contributed by atoms with E-state index in [0.717, 1.165) is 44.1 Å². The van der Waals surface area contributed by atoms with Crippen LogP contribution < -0.4 is 10.6 Å². The Balaban J connectivity index is 1.60. The number of aryl methyl sites for hydroxylation is 1. The quantitative estimate of drug-likeness (QED) is 0.774. The van der Waals surface area contributed by atoms with Crippen LogP contribution in [-0.2, 0) is 4.74 Å². The third-order valence-corrected chi connectivity index (χ3v) is 4.30. The highest BCUT2D eigenvalue weighted by atomic mass is 32.1. The van der Waals surface area contributed by atoms with Crippen molar-refractivity contribution in [2.24, 2.45) is 0 Å². The summed E-state index contributed by atoms with van der Waals surface area (Å²) in [6.07, 6.45) is 4.66. The van der Waals surface area contributed by atoms with Gasteiger partial charge >= 0.3 is 0 Å². The Kier molecular flexibility index (Phi) is 5.56. The van der Waals surface area contributed by atoms with Gasteiger partial charge in [-0.3, -0.25) is 0 Å². The Bertz CT molecular complexity index is 350. The smallest absolute Gasteiger partial charge is 0.109 e. The highest BCUT2D eigenvalue weighted by molar-refractivity contribution is 7.11. The van der Waals surface area contributed by atoms with Crippen LogP contribution in [0.15, 0.2) is 6.20 Å². The summed E-state index contributed by atoms with van der Waals surface area (Å²) in [7, 11) is 0. The first-order valence-electron chi connectivity index (χ1n) is 6.73. The van der Waals surface area contributed by atoms with Gasteiger partial charge in [0.15, 0.2) is 0 Å². The second-order valence-corrected chi connectivity index (χ2v) is 6.07. The summed E-state index contributed by atoms with van der Waals surface area (Å²) in [4.78, 5) is 5.66. The molecule has 2 heterocycles. The monoisotopic (exact) mass is 269 g/mol. The molecule has 0 radical (unpaired) electrons. The van der Waals surface area contributed by atoms with E-state index in [9.17, 15) is 0 Å². The average molecular weight is 269 g/mol. The molecule has 0 aromatic carbocycles. The number of thiazole rings is 1. The van der Waals surface area contributed by atoms with E-state index in [0.29, 0.717) is 12.1 Å². The van der Waals surface area contributed by atoms with Crippen LogP contribution >= 0.6 is 11.3 Å². The van der Waals surface area contributed by atoms with Gasteiger partial charge in [-0.2, -0.15) is 0 Å². The van der Waals surface area contributed by atoms with Crippen molar-refractivity contribution >= 4 is 11.3 Å². The lowest BCUT2D eigenvalue weighted by Gasteiger charge is -2.23. The topological polar surface area (TPSA) is 46.2 Å². The van der Waals surface area contributed by atoms with Crippen LogP contribution in [0.2, 0.25) is 0 Å². The van der Waals surface area contributed by atoms with Gasteiger partial charge in [0.05, 0.1) is 18.8 Å². The van der Waals surface area contributed by atoms with E-state index in [1.807, 2.05) is 6.20 Å². The summed E-state index contributed by atoms with van der Waals surface area (Å²) in [6.45, 7) is 8.11. The summed E-state index contributed by atoms with van der Waals surface area (Å²) in [5.41, 5.74) is 0. The second kappa shape index (κ2) is 7.19. The molecule has 0 saturated carbocycles. The molecule has 0 aliphatic carbocycles. The van der Waals surface area contributed by atoms with Crippen molar-refractivity contribution in [3.63, 3.8) is 0 Å². The van der Waals surface area contributed by atoms with E-state index in [2.05, 4.69) is 29.5 Å². The average Bonchev–Trinajstić information content (AvgIpc) is 2.82. The van der Waals surface area contributed by atoms with Gasteiger partial charge in [0, 0.05) is 17.6 Å². The van der Waals surface area contributed by atoms with Crippen LogP contribution in [0.1, 0.15) is 35.7 Å². The fraction of sp³-hybridized carbons (Fsp3) is 0.769. The molecule has 0 amide bonds. The van der Waals surface area contributed by atoms with Crippen LogP contribution in [0.5, 0.6) is 0 Å². The van der Waals surface area contributed by atoms with E-state index >= 15 is 0 Å². The van der Waals surface area contributed by atoms with E-state index < -0.39 is 0 Å². The molecule has 1 aliphatic rings. The molecule has 5 heteroatoms. The third-order valence-electron chi connectivity index (χ3n) is 3.20. The molecule has 1 aromatic heterocycles. The molecular weight excluding hydrogens is 246 g/mol. The van der Waals surface area contributed by atoms with Gasteiger partial charge in [-0.25, -0.2) is 4.98 Å². The summed E-state index contributed by atoms with van der Waals surface area (Å²) in [5.74, 6) is 0. The lowest BCUT2D eigenvalue weighted by atomic mass is 10.1. The van der Waals surface area contributed by atoms with Gasteiger partial charge in [0.2, 0.25) is 0 Å². The minimum atomic E-state index is 0.320. The highest BCUT2D eigenvalue weighted by Crippen LogP contribution is 2.18. The van der Waals surface area contributed by atoms with Gasteiger partial charge in [-0.15, -0.1) is 11.3 Å². The summed E-state index contributed by atoms with van der Waals surface area (Å²) < 4.78 is 5.85. The van der Waals surface area contributed by atoms with E-state index in [4.69, 9.17) is 4.74 Å². The molecule has 0 bridgehead atoms. The first-order valence-corrected chi connectivity index (χ1v) is 7.55. The fourth-order valence-corrected chi connectivity index (χ4v) is 2.92. The largest absolute Gasteiger partial charge is 0.377 e. The number of aromatic nitrogens is 1. The fourth-order valence-electron chi connectivity index (χ4n) is 2.12. The number of nitrogens with zero attached hydrogens (tertiary/aromatic N) is 1. The van der Waals surface area contributed by atoms with Crippen molar-refractivity contribution < 1.29 is 4.74 Å². The SMILES string of the molecule is Cc1cnc(C(C)NCCOC2CCNCC2)s1. The molecule has 2 N–H and O–H groups in total. The van der Waals surface area contributed by atoms with Crippen LogP contribution in [0.25, 0.3) is 0 Å². The van der Waals surface area contributed by atoms with Crippen molar-refractivity contribution in [1.29, 1.82) is 0 Å². The predicted molar refractivity (Wildman–Crippen MR) is 75.1 cm³/mol. The van der Waals surface area contributed by atoms with E-state index in [1.165, 1.54) is 4.88 Å². The summed E-state index contributed by atoms with van der Waals surface area (Å²) in [5, 5.41) is 7.97. The molecule has 1 unspecified atom stereocenters. The number of piperidine rings is 1. The summed E-state index contributed by atoms with van der Waals surface area (Å²) in [6, 6.07) is 0.320. The normalized spacial score (nSPS) is 19.0. The van der Waals surface area contributed by atoms with Gasteiger partial charge in [-0.1, -0.05) is 0 Å². The zero-order valence-electron chi connectivity index (χ0n) is 11.2. The summed E-state index contributed by atoms with van der Waals surface area (Å²) >= 11 is 1.76. The first-order chi connectivity index (χ1) is 8.75. The molecule has 0 spiro atoms. The van der Waals surface area contributed by atoms with Gasteiger partial charge in [0.1, 0.15) is 5.01 Å². The van der Waals surface area contributed by atoms with Crippen LogP contribution in [-0.4, -0.2) is 37.3 Å². The van der Waals surface area contributed by atoms with Crippen LogP contribution in [0, 0.1) is 6.92 Å². The van der Waals surface area contributed by atoms with Crippen LogP contribution in [0.3, 0.4) is 0 Å². The molecule has 1 aliphatic heterocycles. The Labute approximate surface area is 113 Å². The Hall–Kier alpha value is -0.490. The zero-order chi connectivity index (χ0) is 12.8. The molecule has 1 atom stereocenters. The van der Waals surface area contributed by atoms with Crippen LogP contribution in [0.4, 0.5) is 0 Å². The molecule has 1 aromatic rings. The standard InChI is InChI=1S/C13H23N3OS/c1-10-9-16-13(18-10)11(2)15-7-8-17-12-3-5-14-6-4-12/h9,11-12,14-15H,3-8H2,1-2H3. The maximum absolute atomic E-state index is 5.85. The molecule has 102 valence electrons. The number of hydrogen-bond acceptors (Lipinski definition) is 5.